The zero-order valence-electron chi connectivity index (χ0n) is 19.2. The summed E-state index contributed by atoms with van der Waals surface area (Å²) in [6, 6.07) is 0. The number of aromatic amines is 1. The van der Waals surface area contributed by atoms with E-state index in [0.29, 0.717) is 22.9 Å². The average molecular weight is 453 g/mol. The molecule has 8 nitrogen and oxygen atoms in total. The monoisotopic (exact) mass is 452 g/mol. The third-order valence-electron chi connectivity index (χ3n) is 5.52. The number of rotatable bonds is 14. The van der Waals surface area contributed by atoms with Crippen LogP contribution in [0.25, 0.3) is 11.2 Å². The lowest BCUT2D eigenvalue weighted by molar-refractivity contribution is -0.139. The number of aryl methyl sites for hydroxylation is 2. The first-order chi connectivity index (χ1) is 14.9. The largest absolute Gasteiger partial charge is 0.468 e. The lowest BCUT2D eigenvalue weighted by atomic mass is 10.1. The summed E-state index contributed by atoms with van der Waals surface area (Å²) in [5, 5.41) is 0.0832. The molecule has 2 heterocycles. The fourth-order valence-corrected chi connectivity index (χ4v) is 4.60. The van der Waals surface area contributed by atoms with E-state index >= 15 is 0 Å². The summed E-state index contributed by atoms with van der Waals surface area (Å²) in [6.07, 6.45) is 12.2. The molecule has 0 unspecified atom stereocenters. The molecule has 31 heavy (non-hydrogen) atoms. The number of imidazole rings is 1. The number of thioether (sulfide) groups is 1. The van der Waals surface area contributed by atoms with Crippen LogP contribution in [-0.4, -0.2) is 37.4 Å². The van der Waals surface area contributed by atoms with E-state index in [2.05, 4.69) is 16.9 Å². The number of carbonyl (C=O) groups is 1. The van der Waals surface area contributed by atoms with Crippen molar-refractivity contribution in [3.05, 3.63) is 20.8 Å². The van der Waals surface area contributed by atoms with Gasteiger partial charge in [0.25, 0.3) is 5.56 Å². The fraction of sp³-hybridized carbons (Fsp3) is 0.727. The molecule has 2 aromatic rings. The van der Waals surface area contributed by atoms with Crippen LogP contribution in [0.1, 0.15) is 78.1 Å². The van der Waals surface area contributed by atoms with Crippen LogP contribution < -0.4 is 11.2 Å². The number of nitrogens with zero attached hydrogens (tertiary/aromatic N) is 3. The molecule has 0 fully saturated rings. The molecule has 2 rings (SSSR count). The molecule has 0 aliphatic carbocycles. The summed E-state index contributed by atoms with van der Waals surface area (Å²) in [5.74, 6) is -0.356. The number of hydrogen-bond acceptors (Lipinski definition) is 6. The molecule has 2 aromatic heterocycles. The van der Waals surface area contributed by atoms with Crippen molar-refractivity contribution < 1.29 is 9.53 Å². The van der Waals surface area contributed by atoms with Crippen LogP contribution in [0, 0.1) is 0 Å². The van der Waals surface area contributed by atoms with Gasteiger partial charge in [-0.25, -0.2) is 9.78 Å². The van der Waals surface area contributed by atoms with Crippen LogP contribution in [0.15, 0.2) is 14.7 Å². The lowest BCUT2D eigenvalue weighted by Gasteiger charge is -2.11. The van der Waals surface area contributed by atoms with Crippen LogP contribution in [0.2, 0.25) is 0 Å². The van der Waals surface area contributed by atoms with Crippen molar-refractivity contribution >= 4 is 28.9 Å². The Morgan fingerprint density at radius 2 is 1.65 bits per heavy atom. The van der Waals surface area contributed by atoms with Crippen molar-refractivity contribution in [1.29, 1.82) is 0 Å². The molecular formula is C22H36N4O4S. The number of aromatic nitrogens is 4. The van der Waals surface area contributed by atoms with E-state index in [1.54, 1.807) is 14.0 Å². The fourth-order valence-electron chi connectivity index (χ4n) is 3.64. The van der Waals surface area contributed by atoms with E-state index in [1.807, 2.05) is 4.57 Å². The first-order valence-electron chi connectivity index (χ1n) is 11.3. The first-order valence-corrected chi connectivity index (χ1v) is 12.2. The van der Waals surface area contributed by atoms with Crippen LogP contribution in [0.3, 0.4) is 0 Å². The average Bonchev–Trinajstić information content (AvgIpc) is 3.11. The van der Waals surface area contributed by atoms with Crippen molar-refractivity contribution in [3.63, 3.8) is 0 Å². The zero-order valence-corrected chi connectivity index (χ0v) is 20.1. The van der Waals surface area contributed by atoms with E-state index in [9.17, 15) is 14.4 Å². The molecule has 9 heteroatoms. The minimum absolute atomic E-state index is 0.334. The number of nitrogens with one attached hydrogen (secondary N) is 1. The van der Waals surface area contributed by atoms with E-state index in [1.165, 1.54) is 68.4 Å². The third kappa shape index (κ3) is 6.98. The summed E-state index contributed by atoms with van der Waals surface area (Å²) >= 11 is 1.24. The lowest BCUT2D eigenvalue weighted by Crippen LogP contribution is -2.29. The standard InChI is InChI=1S/C22H36N4O4S/c1-5-6-7-8-9-10-11-12-13-14-15-26-17-18(25(3)21(29)24-19(17)27)23-22(26)31-16(2)20(28)30-4/h16H,5-15H2,1-4H3,(H,24,27,29)/t16-/m1/s1. The number of unbranched alkanes of at least 4 members (excludes halogenated alkanes) is 9. The van der Waals surface area contributed by atoms with Gasteiger partial charge in [-0.1, -0.05) is 76.5 Å². The summed E-state index contributed by atoms with van der Waals surface area (Å²) in [4.78, 5) is 43.2. The number of hydrogen-bond donors (Lipinski definition) is 1. The summed E-state index contributed by atoms with van der Waals surface area (Å²) < 4.78 is 7.98. The summed E-state index contributed by atoms with van der Waals surface area (Å²) in [7, 11) is 2.93. The van der Waals surface area contributed by atoms with Gasteiger partial charge in [-0.2, -0.15) is 0 Å². The Morgan fingerprint density at radius 3 is 2.23 bits per heavy atom. The Labute approximate surface area is 187 Å². The quantitative estimate of drug-likeness (QED) is 0.264. The number of methoxy groups -OCH3 is 1. The van der Waals surface area contributed by atoms with Gasteiger partial charge in [0.05, 0.1) is 7.11 Å². The number of fused-ring (bicyclic) bond motifs is 1. The van der Waals surface area contributed by atoms with E-state index in [-0.39, 0.29) is 5.97 Å². The highest BCUT2D eigenvalue weighted by molar-refractivity contribution is 8.00. The van der Waals surface area contributed by atoms with E-state index in [4.69, 9.17) is 4.74 Å². The minimum atomic E-state index is -0.501. The van der Waals surface area contributed by atoms with E-state index < -0.39 is 16.5 Å². The molecule has 174 valence electrons. The highest BCUT2D eigenvalue weighted by Crippen LogP contribution is 2.26. The Bertz CT molecular complexity index is 963. The molecule has 0 saturated carbocycles. The van der Waals surface area contributed by atoms with Crippen LogP contribution in [0.5, 0.6) is 0 Å². The normalized spacial score (nSPS) is 12.4. The molecule has 0 aliphatic heterocycles. The molecule has 0 amide bonds. The number of esters is 1. The first kappa shape index (κ1) is 25.2. The highest BCUT2D eigenvalue weighted by atomic mass is 32.2. The van der Waals surface area contributed by atoms with Crippen LogP contribution in [0.4, 0.5) is 0 Å². The van der Waals surface area contributed by atoms with E-state index in [0.717, 1.165) is 19.3 Å². The van der Waals surface area contributed by atoms with Gasteiger partial charge in [-0.3, -0.25) is 19.1 Å². The maximum absolute atomic E-state index is 12.5. The Morgan fingerprint density at radius 1 is 1.06 bits per heavy atom. The van der Waals surface area contributed by atoms with Gasteiger partial charge in [0.2, 0.25) is 0 Å². The van der Waals surface area contributed by atoms with Crippen molar-refractivity contribution in [1.82, 2.24) is 19.1 Å². The number of H-pyrrole nitrogens is 1. The predicted octanol–water partition coefficient (Wildman–Crippen LogP) is 4.00. The molecule has 0 aromatic carbocycles. The Balaban J connectivity index is 2.04. The molecule has 0 saturated heterocycles. The van der Waals surface area contributed by atoms with Gasteiger partial charge in [-0.05, 0) is 13.3 Å². The minimum Gasteiger partial charge on any atom is -0.468 e. The maximum atomic E-state index is 12.5. The number of carbonyl (C=O) groups excluding carboxylic acids is 1. The predicted molar refractivity (Wildman–Crippen MR) is 125 cm³/mol. The Hall–Kier alpha value is -2.03. The van der Waals surface area contributed by atoms with Gasteiger partial charge in [0.1, 0.15) is 5.25 Å². The molecule has 1 atom stereocenters. The second kappa shape index (κ2) is 12.7. The van der Waals surface area contributed by atoms with Gasteiger partial charge in [0.15, 0.2) is 16.3 Å². The van der Waals surface area contributed by atoms with Gasteiger partial charge in [0, 0.05) is 13.6 Å². The highest BCUT2D eigenvalue weighted by Gasteiger charge is 2.22. The molecule has 1 N–H and O–H groups in total. The van der Waals surface area contributed by atoms with Crippen molar-refractivity contribution in [2.45, 2.75) is 95.0 Å². The summed E-state index contributed by atoms with van der Waals surface area (Å²) in [5.41, 5.74) is -0.244. The van der Waals surface area contributed by atoms with Crippen molar-refractivity contribution in [2.24, 2.45) is 7.05 Å². The van der Waals surface area contributed by atoms with Crippen molar-refractivity contribution in [2.75, 3.05) is 7.11 Å². The molecule has 0 aliphatic rings. The topological polar surface area (TPSA) is 99.0 Å². The van der Waals surface area contributed by atoms with Gasteiger partial charge in [-0.15, -0.1) is 0 Å². The second-order valence-electron chi connectivity index (χ2n) is 8.00. The zero-order chi connectivity index (χ0) is 22.8. The van der Waals surface area contributed by atoms with Crippen LogP contribution in [-0.2, 0) is 23.1 Å². The third-order valence-corrected chi connectivity index (χ3v) is 6.59. The second-order valence-corrected chi connectivity index (χ2v) is 9.31. The molecular weight excluding hydrogens is 416 g/mol. The van der Waals surface area contributed by atoms with Crippen LogP contribution >= 0.6 is 11.8 Å². The Kier molecular flexibility index (Phi) is 10.4. The maximum Gasteiger partial charge on any atom is 0.329 e. The van der Waals surface area contributed by atoms with Gasteiger partial charge < -0.3 is 9.30 Å². The number of ether oxygens (including phenoxy) is 1. The molecule has 0 radical (unpaired) electrons. The smallest absolute Gasteiger partial charge is 0.329 e. The molecule has 0 bridgehead atoms. The summed E-state index contributed by atoms with van der Waals surface area (Å²) in [6.45, 7) is 4.59. The van der Waals surface area contributed by atoms with Gasteiger partial charge >= 0.3 is 11.7 Å². The SMILES string of the molecule is CCCCCCCCCCCCn1c(S[C@H](C)C(=O)OC)nc2c1c(=O)[nH]c(=O)n2C. The van der Waals surface area contributed by atoms with Crippen molar-refractivity contribution in [3.8, 4) is 0 Å². The molecule has 0 spiro atoms.